The molecule has 2 aromatic heterocycles. The molecule has 0 N–H and O–H groups in total. The van der Waals surface area contributed by atoms with Gasteiger partial charge in [-0.25, -0.2) is 13.4 Å². The number of hydrogen-bond donors (Lipinski definition) is 0. The molecule has 0 aliphatic carbocycles. The smallest absolute Gasteiger partial charge is 0.263 e. The van der Waals surface area contributed by atoms with Crippen LogP contribution in [0.3, 0.4) is 0 Å². The second kappa shape index (κ2) is 5.85. The molecule has 3 heterocycles. The van der Waals surface area contributed by atoms with Gasteiger partial charge in [0.25, 0.3) is 5.91 Å². The second-order valence-corrected chi connectivity index (χ2v) is 8.40. The third-order valence-electron chi connectivity index (χ3n) is 3.93. The molecule has 1 fully saturated rings. The van der Waals surface area contributed by atoms with Crippen molar-refractivity contribution in [1.82, 2.24) is 14.5 Å². The van der Waals surface area contributed by atoms with Crippen molar-refractivity contribution >= 4 is 27.1 Å². The topological polar surface area (TPSA) is 72.3 Å². The summed E-state index contributed by atoms with van der Waals surface area (Å²) in [5.41, 5.74) is 0. The predicted molar refractivity (Wildman–Crippen MR) is 83.6 cm³/mol. The Morgan fingerprint density at radius 3 is 2.64 bits per heavy atom. The summed E-state index contributed by atoms with van der Waals surface area (Å²) in [7, 11) is -1.76. The lowest BCUT2D eigenvalue weighted by atomic mass is 10.1. The Bertz CT molecular complexity index is 757. The van der Waals surface area contributed by atoms with Crippen LogP contribution in [0.4, 0.5) is 0 Å². The Balaban J connectivity index is 1.70. The molecule has 0 radical (unpaired) electrons. The number of rotatable bonds is 3. The zero-order valence-corrected chi connectivity index (χ0v) is 13.8. The van der Waals surface area contributed by atoms with Gasteiger partial charge in [0.15, 0.2) is 0 Å². The van der Waals surface area contributed by atoms with Gasteiger partial charge >= 0.3 is 0 Å². The van der Waals surface area contributed by atoms with Crippen LogP contribution in [0.2, 0.25) is 0 Å². The van der Waals surface area contributed by atoms with Gasteiger partial charge in [0, 0.05) is 32.5 Å². The van der Waals surface area contributed by atoms with Crippen molar-refractivity contribution in [2.24, 2.45) is 7.05 Å². The SMILES string of the molecule is Cn1ccnc1S(=O)(=O)C1CCN(C(=O)c2cccs2)CC1. The van der Waals surface area contributed by atoms with Gasteiger partial charge in [0.05, 0.1) is 10.1 Å². The molecule has 1 aliphatic rings. The number of carbonyl (C=O) groups excluding carboxylic acids is 1. The normalized spacial score (nSPS) is 16.9. The number of imidazole rings is 1. The van der Waals surface area contributed by atoms with Crippen LogP contribution in [-0.4, -0.2) is 47.1 Å². The van der Waals surface area contributed by atoms with E-state index < -0.39 is 15.1 Å². The molecule has 0 atom stereocenters. The first-order valence-electron chi connectivity index (χ1n) is 7.04. The van der Waals surface area contributed by atoms with Gasteiger partial charge in [0.1, 0.15) is 0 Å². The molecule has 6 nitrogen and oxygen atoms in total. The van der Waals surface area contributed by atoms with Gasteiger partial charge < -0.3 is 9.47 Å². The fourth-order valence-electron chi connectivity index (χ4n) is 2.70. The maximum Gasteiger partial charge on any atom is 0.263 e. The van der Waals surface area contributed by atoms with E-state index in [4.69, 9.17) is 0 Å². The minimum Gasteiger partial charge on any atom is -0.338 e. The van der Waals surface area contributed by atoms with E-state index in [2.05, 4.69) is 4.98 Å². The van der Waals surface area contributed by atoms with Gasteiger partial charge in [-0.1, -0.05) is 6.07 Å². The predicted octanol–water partition coefficient (Wildman–Crippen LogP) is 1.56. The fourth-order valence-corrected chi connectivity index (χ4v) is 5.19. The number of sulfone groups is 1. The highest BCUT2D eigenvalue weighted by molar-refractivity contribution is 7.91. The van der Waals surface area contributed by atoms with Crippen molar-refractivity contribution in [1.29, 1.82) is 0 Å². The molecular formula is C14H17N3O3S2. The first-order chi connectivity index (χ1) is 10.5. The lowest BCUT2D eigenvalue weighted by molar-refractivity contribution is 0.0730. The van der Waals surface area contributed by atoms with Crippen molar-refractivity contribution in [3.8, 4) is 0 Å². The van der Waals surface area contributed by atoms with Crippen LogP contribution in [0.15, 0.2) is 35.1 Å². The molecule has 0 unspecified atom stereocenters. The summed E-state index contributed by atoms with van der Waals surface area (Å²) < 4.78 is 26.7. The first-order valence-corrected chi connectivity index (χ1v) is 9.47. The van der Waals surface area contributed by atoms with E-state index in [-0.39, 0.29) is 11.1 Å². The van der Waals surface area contributed by atoms with E-state index in [1.54, 1.807) is 24.2 Å². The molecule has 118 valence electrons. The van der Waals surface area contributed by atoms with Crippen LogP contribution in [-0.2, 0) is 16.9 Å². The summed E-state index contributed by atoms with van der Waals surface area (Å²) in [6.45, 7) is 0.927. The average molecular weight is 339 g/mol. The Hall–Kier alpha value is -1.67. The van der Waals surface area contributed by atoms with Gasteiger partial charge in [0.2, 0.25) is 15.0 Å². The summed E-state index contributed by atoms with van der Waals surface area (Å²) in [4.78, 5) is 18.7. The number of piperidine rings is 1. The Morgan fingerprint density at radius 1 is 1.36 bits per heavy atom. The Morgan fingerprint density at radius 2 is 2.09 bits per heavy atom. The summed E-state index contributed by atoms with van der Waals surface area (Å²) in [6, 6.07) is 3.64. The zero-order valence-electron chi connectivity index (χ0n) is 12.2. The molecule has 1 amide bonds. The van der Waals surface area contributed by atoms with E-state index >= 15 is 0 Å². The monoisotopic (exact) mass is 339 g/mol. The van der Waals surface area contributed by atoms with Gasteiger partial charge in [-0.3, -0.25) is 4.79 Å². The summed E-state index contributed by atoms with van der Waals surface area (Å²) in [6.07, 6.45) is 4.02. The molecule has 0 spiro atoms. The van der Waals surface area contributed by atoms with Crippen molar-refractivity contribution in [2.75, 3.05) is 13.1 Å². The molecule has 8 heteroatoms. The maximum atomic E-state index is 12.6. The van der Waals surface area contributed by atoms with Crippen LogP contribution in [0.5, 0.6) is 0 Å². The van der Waals surface area contributed by atoms with Crippen molar-refractivity contribution < 1.29 is 13.2 Å². The third-order valence-corrected chi connectivity index (χ3v) is 7.04. The Labute approximate surface area is 133 Å². The lowest BCUT2D eigenvalue weighted by Crippen LogP contribution is -2.42. The third kappa shape index (κ3) is 2.68. The number of aromatic nitrogens is 2. The highest BCUT2D eigenvalue weighted by atomic mass is 32.2. The number of hydrogen-bond acceptors (Lipinski definition) is 5. The molecule has 1 aliphatic heterocycles. The van der Waals surface area contributed by atoms with Crippen molar-refractivity contribution in [3.63, 3.8) is 0 Å². The van der Waals surface area contributed by atoms with E-state index in [1.165, 1.54) is 22.1 Å². The molecule has 1 saturated heterocycles. The van der Waals surface area contributed by atoms with E-state index in [9.17, 15) is 13.2 Å². The van der Waals surface area contributed by atoms with Crippen LogP contribution in [0, 0.1) is 0 Å². The van der Waals surface area contributed by atoms with Crippen molar-refractivity contribution in [2.45, 2.75) is 23.2 Å². The number of amides is 1. The summed E-state index contributed by atoms with van der Waals surface area (Å²) in [5.74, 6) is -0.0113. The number of likely N-dealkylation sites (tertiary alicyclic amines) is 1. The van der Waals surface area contributed by atoms with Gasteiger partial charge in [-0.05, 0) is 24.3 Å². The van der Waals surface area contributed by atoms with E-state index in [0.717, 1.165) is 0 Å². The second-order valence-electron chi connectivity index (χ2n) is 5.33. The number of aryl methyl sites for hydroxylation is 1. The number of carbonyl (C=O) groups is 1. The zero-order chi connectivity index (χ0) is 15.7. The van der Waals surface area contributed by atoms with E-state index in [0.29, 0.717) is 30.8 Å². The molecule has 0 saturated carbocycles. The van der Waals surface area contributed by atoms with Crippen LogP contribution in [0.1, 0.15) is 22.5 Å². The standard InChI is InChI=1S/C14H17N3O3S2/c1-16-9-6-15-14(16)22(19,20)11-4-7-17(8-5-11)13(18)12-3-2-10-21-12/h2-3,6,9-11H,4-5,7-8H2,1H3. The molecule has 3 rings (SSSR count). The molecule has 0 bridgehead atoms. The molecular weight excluding hydrogens is 322 g/mol. The number of thiophene rings is 1. The average Bonchev–Trinajstić information content (AvgIpc) is 3.18. The molecule has 0 aromatic carbocycles. The van der Waals surface area contributed by atoms with Crippen LogP contribution < -0.4 is 0 Å². The minimum atomic E-state index is -3.44. The highest BCUT2D eigenvalue weighted by Gasteiger charge is 2.35. The quantitative estimate of drug-likeness (QED) is 0.851. The van der Waals surface area contributed by atoms with Gasteiger partial charge in [-0.15, -0.1) is 11.3 Å². The van der Waals surface area contributed by atoms with Crippen LogP contribution >= 0.6 is 11.3 Å². The summed E-state index contributed by atoms with van der Waals surface area (Å²) in [5, 5.41) is 1.50. The van der Waals surface area contributed by atoms with Crippen molar-refractivity contribution in [3.05, 3.63) is 34.8 Å². The minimum absolute atomic E-state index is 0.0113. The largest absolute Gasteiger partial charge is 0.338 e. The first kappa shape index (κ1) is 15.2. The van der Waals surface area contributed by atoms with Gasteiger partial charge in [-0.2, -0.15) is 0 Å². The highest BCUT2D eigenvalue weighted by Crippen LogP contribution is 2.24. The lowest BCUT2D eigenvalue weighted by Gasteiger charge is -2.31. The molecule has 22 heavy (non-hydrogen) atoms. The van der Waals surface area contributed by atoms with E-state index in [1.807, 2.05) is 11.4 Å². The van der Waals surface area contributed by atoms with Crippen LogP contribution in [0.25, 0.3) is 0 Å². The summed E-state index contributed by atoms with van der Waals surface area (Å²) >= 11 is 1.41. The molecule has 2 aromatic rings. The Kier molecular flexibility index (Phi) is 4.05. The fraction of sp³-hybridized carbons (Fsp3) is 0.429. The maximum absolute atomic E-state index is 12.6. The number of nitrogens with zero attached hydrogens (tertiary/aromatic N) is 3.